The number of anilines is 2. The van der Waals surface area contributed by atoms with Gasteiger partial charge in [-0.05, 0) is 73.7 Å². The van der Waals surface area contributed by atoms with E-state index >= 15 is 0 Å². The van der Waals surface area contributed by atoms with E-state index in [0.717, 1.165) is 46.6 Å². The predicted octanol–water partition coefficient (Wildman–Crippen LogP) is 5.26. The standard InChI is InChI=1S/C28H29F3N6O2/c1-16-13-23-25(26(33)34-16)22(15-21(35-23)6-2-3-8-24(32)38)17-9-11-19(12-10-17)36-27(39)37-20-7-4-5-18(14-20)28(29,30)31/h4-5,7,9-12,14-16H,2-3,6,8,13H2,1H3,(H2,32,38)(H2,33,34)(H2,36,37,39). The van der Waals surface area contributed by atoms with Gasteiger partial charge in [0.25, 0.3) is 0 Å². The fraction of sp³-hybridized carbons (Fsp3) is 0.286. The summed E-state index contributed by atoms with van der Waals surface area (Å²) < 4.78 is 38.8. The SMILES string of the molecule is CC1Cc2nc(CCCCC(N)=O)cc(-c3ccc(NC(=O)Nc4cccc(C(F)(F)F)c4)cc3)c2C(N)=N1. The Hall–Kier alpha value is -4.41. The van der Waals surface area contributed by atoms with Gasteiger partial charge in [-0.25, -0.2) is 4.79 Å². The van der Waals surface area contributed by atoms with Gasteiger partial charge in [-0.2, -0.15) is 13.2 Å². The highest BCUT2D eigenvalue weighted by atomic mass is 19.4. The maximum Gasteiger partial charge on any atom is 0.416 e. The number of pyridine rings is 1. The van der Waals surface area contributed by atoms with Crippen molar-refractivity contribution in [3.8, 4) is 11.1 Å². The van der Waals surface area contributed by atoms with Crippen LogP contribution in [0.15, 0.2) is 59.6 Å². The Morgan fingerprint density at radius 2 is 1.74 bits per heavy atom. The van der Waals surface area contributed by atoms with Crippen molar-refractivity contribution in [2.24, 2.45) is 16.5 Å². The summed E-state index contributed by atoms with van der Waals surface area (Å²) in [7, 11) is 0. The van der Waals surface area contributed by atoms with Gasteiger partial charge < -0.3 is 22.1 Å². The number of unbranched alkanes of at least 4 members (excludes halogenated alkanes) is 1. The number of alkyl halides is 3. The van der Waals surface area contributed by atoms with Gasteiger partial charge in [0.1, 0.15) is 5.84 Å². The first-order chi connectivity index (χ1) is 18.5. The lowest BCUT2D eigenvalue weighted by Crippen LogP contribution is -2.27. The summed E-state index contributed by atoms with van der Waals surface area (Å²) in [6.07, 6.45) is -1.43. The number of halogens is 3. The average Bonchev–Trinajstić information content (AvgIpc) is 2.86. The van der Waals surface area contributed by atoms with Crippen LogP contribution < -0.4 is 22.1 Å². The van der Waals surface area contributed by atoms with E-state index in [0.29, 0.717) is 37.2 Å². The molecule has 4 rings (SSSR count). The van der Waals surface area contributed by atoms with Gasteiger partial charge >= 0.3 is 12.2 Å². The van der Waals surface area contributed by atoms with Crippen molar-refractivity contribution in [3.05, 3.63) is 77.1 Å². The van der Waals surface area contributed by atoms with E-state index in [4.69, 9.17) is 16.5 Å². The maximum atomic E-state index is 12.9. The van der Waals surface area contributed by atoms with Crippen molar-refractivity contribution < 1.29 is 22.8 Å². The maximum absolute atomic E-state index is 12.9. The van der Waals surface area contributed by atoms with Crippen LogP contribution in [0.4, 0.5) is 29.3 Å². The Kier molecular flexibility index (Phi) is 8.18. The first-order valence-corrected chi connectivity index (χ1v) is 12.5. The molecule has 0 saturated heterocycles. The summed E-state index contributed by atoms with van der Waals surface area (Å²) in [5.41, 5.74) is 15.4. The number of carbonyl (C=O) groups excluding carboxylic acids is 2. The number of fused-ring (bicyclic) bond motifs is 1. The number of amides is 3. The number of aliphatic imine (C=N–C) groups is 1. The number of hydrogen-bond acceptors (Lipinski definition) is 5. The van der Waals surface area contributed by atoms with E-state index in [1.165, 1.54) is 12.1 Å². The number of aryl methyl sites for hydroxylation is 1. The number of amidine groups is 1. The predicted molar refractivity (Wildman–Crippen MR) is 144 cm³/mol. The number of nitrogens with two attached hydrogens (primary N) is 2. The number of hydrogen-bond donors (Lipinski definition) is 4. The minimum atomic E-state index is -4.51. The summed E-state index contributed by atoms with van der Waals surface area (Å²) in [5, 5.41) is 5.05. The zero-order valence-corrected chi connectivity index (χ0v) is 21.3. The molecule has 11 heteroatoms. The van der Waals surface area contributed by atoms with Gasteiger partial charge in [-0.15, -0.1) is 0 Å². The molecule has 2 heterocycles. The van der Waals surface area contributed by atoms with Crippen molar-refractivity contribution in [1.29, 1.82) is 0 Å². The molecule has 0 fully saturated rings. The average molecular weight is 539 g/mol. The van der Waals surface area contributed by atoms with Crippen LogP contribution in [0.2, 0.25) is 0 Å². The first-order valence-electron chi connectivity index (χ1n) is 12.5. The molecule has 0 aliphatic carbocycles. The van der Waals surface area contributed by atoms with Crippen LogP contribution in [-0.2, 0) is 23.8 Å². The summed E-state index contributed by atoms with van der Waals surface area (Å²) in [6, 6.07) is 12.7. The summed E-state index contributed by atoms with van der Waals surface area (Å²) in [6.45, 7) is 1.97. The lowest BCUT2D eigenvalue weighted by atomic mass is 9.92. The quantitative estimate of drug-likeness (QED) is 0.291. The summed E-state index contributed by atoms with van der Waals surface area (Å²) in [4.78, 5) is 32.8. The zero-order chi connectivity index (χ0) is 28.2. The van der Waals surface area contributed by atoms with Gasteiger partial charge in [-0.1, -0.05) is 18.2 Å². The van der Waals surface area contributed by atoms with E-state index in [9.17, 15) is 22.8 Å². The molecule has 0 bridgehead atoms. The molecule has 1 aliphatic heterocycles. The minimum absolute atomic E-state index is 0.00451. The van der Waals surface area contributed by atoms with Gasteiger partial charge in [0.05, 0.1) is 17.3 Å². The van der Waals surface area contributed by atoms with Gasteiger partial charge in [0, 0.05) is 35.5 Å². The molecule has 0 radical (unpaired) electrons. The molecule has 6 N–H and O–H groups in total. The van der Waals surface area contributed by atoms with E-state index < -0.39 is 17.8 Å². The molecule has 1 unspecified atom stereocenters. The zero-order valence-electron chi connectivity index (χ0n) is 21.3. The summed E-state index contributed by atoms with van der Waals surface area (Å²) in [5.74, 6) is 0.0818. The fourth-order valence-electron chi connectivity index (χ4n) is 4.48. The molecule has 1 aliphatic rings. The molecular weight excluding hydrogens is 509 g/mol. The van der Waals surface area contributed by atoms with Gasteiger partial charge in [-0.3, -0.25) is 14.8 Å². The Morgan fingerprint density at radius 1 is 1.03 bits per heavy atom. The normalized spacial score (nSPS) is 14.8. The van der Waals surface area contributed by atoms with Crippen molar-refractivity contribution in [2.45, 2.75) is 51.2 Å². The Bertz CT molecular complexity index is 1400. The molecule has 8 nitrogen and oxygen atoms in total. The number of aromatic nitrogens is 1. The number of primary amides is 1. The Labute approximate surface area is 223 Å². The topological polar surface area (TPSA) is 135 Å². The van der Waals surface area contributed by atoms with E-state index in [1.807, 2.05) is 25.1 Å². The number of carbonyl (C=O) groups is 2. The molecule has 39 heavy (non-hydrogen) atoms. The van der Waals surface area contributed by atoms with Crippen LogP contribution >= 0.6 is 0 Å². The Balaban J connectivity index is 1.52. The van der Waals surface area contributed by atoms with Crippen LogP contribution in [0.25, 0.3) is 11.1 Å². The fourth-order valence-corrected chi connectivity index (χ4v) is 4.48. The van der Waals surface area contributed by atoms with Crippen LogP contribution in [0.3, 0.4) is 0 Å². The number of nitrogens with one attached hydrogen (secondary N) is 2. The van der Waals surface area contributed by atoms with Crippen LogP contribution in [0.5, 0.6) is 0 Å². The molecule has 3 amide bonds. The second-order valence-corrected chi connectivity index (χ2v) is 9.46. The number of nitrogens with zero attached hydrogens (tertiary/aromatic N) is 2. The van der Waals surface area contributed by atoms with E-state index in [2.05, 4.69) is 15.6 Å². The third-order valence-corrected chi connectivity index (χ3v) is 6.26. The number of benzene rings is 2. The smallest absolute Gasteiger partial charge is 0.383 e. The second-order valence-electron chi connectivity index (χ2n) is 9.46. The van der Waals surface area contributed by atoms with Gasteiger partial charge in [0.15, 0.2) is 0 Å². The molecule has 1 aromatic heterocycles. The van der Waals surface area contributed by atoms with E-state index in [1.54, 1.807) is 12.1 Å². The highest BCUT2D eigenvalue weighted by molar-refractivity contribution is 6.05. The van der Waals surface area contributed by atoms with Crippen LogP contribution in [0.1, 0.15) is 48.7 Å². The Morgan fingerprint density at radius 3 is 2.44 bits per heavy atom. The molecule has 2 aromatic carbocycles. The molecule has 1 atom stereocenters. The molecule has 204 valence electrons. The molecule has 0 saturated carbocycles. The highest BCUT2D eigenvalue weighted by Crippen LogP contribution is 2.32. The second kappa shape index (κ2) is 11.5. The monoisotopic (exact) mass is 538 g/mol. The molecule has 3 aromatic rings. The van der Waals surface area contributed by atoms with Crippen molar-refractivity contribution in [3.63, 3.8) is 0 Å². The summed E-state index contributed by atoms with van der Waals surface area (Å²) >= 11 is 0. The minimum Gasteiger partial charge on any atom is -0.383 e. The molecular formula is C28H29F3N6O2. The van der Waals surface area contributed by atoms with Crippen LogP contribution in [-0.4, -0.2) is 28.8 Å². The van der Waals surface area contributed by atoms with Crippen molar-refractivity contribution in [1.82, 2.24) is 4.98 Å². The van der Waals surface area contributed by atoms with E-state index in [-0.39, 0.29) is 17.6 Å². The first kappa shape index (κ1) is 27.6. The lowest BCUT2D eigenvalue weighted by molar-refractivity contribution is -0.137. The number of urea groups is 1. The van der Waals surface area contributed by atoms with Crippen molar-refractivity contribution >= 4 is 29.1 Å². The van der Waals surface area contributed by atoms with Gasteiger partial charge in [0.2, 0.25) is 5.91 Å². The molecule has 0 spiro atoms. The third-order valence-electron chi connectivity index (χ3n) is 6.26. The third kappa shape index (κ3) is 7.13. The largest absolute Gasteiger partial charge is 0.416 e. The van der Waals surface area contributed by atoms with Crippen molar-refractivity contribution in [2.75, 3.05) is 10.6 Å². The lowest BCUT2D eigenvalue weighted by Gasteiger charge is -2.22. The van der Waals surface area contributed by atoms with Crippen LogP contribution in [0, 0.1) is 0 Å². The number of rotatable bonds is 8. The highest BCUT2D eigenvalue weighted by Gasteiger charge is 2.30.